The molecular weight excluding hydrogens is 296 g/mol. The van der Waals surface area contributed by atoms with E-state index >= 15 is 0 Å². The number of anilines is 1. The van der Waals surface area contributed by atoms with E-state index in [0.717, 1.165) is 12.3 Å². The Balaban J connectivity index is 2.26. The zero-order valence-electron chi connectivity index (χ0n) is 11.0. The third-order valence-electron chi connectivity index (χ3n) is 2.74. The van der Waals surface area contributed by atoms with Crippen molar-refractivity contribution < 1.29 is 17.6 Å². The van der Waals surface area contributed by atoms with Crippen LogP contribution in [0.3, 0.4) is 0 Å². The standard InChI is InChI=1S/C13H12N2O5S/c1-8-6-10(21(14,18)19)3-4-11(8)15-13(17)9-2-5-12(16)20-7-9/h2-7H,1H3,(H,15,17)(H2,14,18,19). The van der Waals surface area contributed by atoms with E-state index in [9.17, 15) is 18.0 Å². The summed E-state index contributed by atoms with van der Waals surface area (Å²) >= 11 is 0. The minimum Gasteiger partial charge on any atom is -0.430 e. The Hall–Kier alpha value is -2.45. The average Bonchev–Trinajstić information content (AvgIpc) is 2.40. The SMILES string of the molecule is Cc1cc(S(N)(=O)=O)ccc1NC(=O)c1ccc(=O)oc1. The molecule has 8 heteroatoms. The number of primary sulfonamides is 1. The number of aryl methyl sites for hydroxylation is 1. The number of sulfonamides is 1. The fourth-order valence-corrected chi connectivity index (χ4v) is 2.23. The number of hydrogen-bond donors (Lipinski definition) is 2. The van der Waals surface area contributed by atoms with Crippen molar-refractivity contribution in [1.29, 1.82) is 0 Å². The smallest absolute Gasteiger partial charge is 0.335 e. The molecule has 110 valence electrons. The minimum absolute atomic E-state index is 0.0382. The van der Waals surface area contributed by atoms with Gasteiger partial charge in [0.25, 0.3) is 5.91 Å². The third-order valence-corrected chi connectivity index (χ3v) is 3.65. The van der Waals surface area contributed by atoms with E-state index in [1.54, 1.807) is 6.92 Å². The molecule has 2 rings (SSSR count). The topological polar surface area (TPSA) is 119 Å². The monoisotopic (exact) mass is 308 g/mol. The van der Waals surface area contributed by atoms with Crippen LogP contribution >= 0.6 is 0 Å². The molecule has 1 amide bonds. The molecule has 0 aliphatic carbocycles. The van der Waals surface area contributed by atoms with Gasteiger partial charge < -0.3 is 9.73 Å². The Morgan fingerprint density at radius 2 is 1.95 bits per heavy atom. The number of amides is 1. The molecule has 3 N–H and O–H groups in total. The summed E-state index contributed by atoms with van der Waals surface area (Å²) in [7, 11) is -3.79. The van der Waals surface area contributed by atoms with Gasteiger partial charge in [0.15, 0.2) is 0 Å². The molecule has 1 aromatic carbocycles. The maximum Gasteiger partial charge on any atom is 0.335 e. The van der Waals surface area contributed by atoms with E-state index in [2.05, 4.69) is 9.73 Å². The van der Waals surface area contributed by atoms with Gasteiger partial charge in [-0.15, -0.1) is 0 Å². The average molecular weight is 308 g/mol. The fourth-order valence-electron chi connectivity index (χ4n) is 1.64. The van der Waals surface area contributed by atoms with Crippen LogP contribution in [0.15, 0.2) is 50.7 Å². The van der Waals surface area contributed by atoms with Gasteiger partial charge in [-0.05, 0) is 36.8 Å². The van der Waals surface area contributed by atoms with Gasteiger partial charge in [0.05, 0.1) is 10.5 Å². The highest BCUT2D eigenvalue weighted by atomic mass is 32.2. The number of hydrogen-bond acceptors (Lipinski definition) is 5. The molecule has 0 spiro atoms. The molecule has 7 nitrogen and oxygen atoms in total. The van der Waals surface area contributed by atoms with Crippen molar-refractivity contribution >= 4 is 21.6 Å². The van der Waals surface area contributed by atoms with Crippen LogP contribution < -0.4 is 16.1 Å². The van der Waals surface area contributed by atoms with Crippen molar-refractivity contribution in [1.82, 2.24) is 0 Å². The molecule has 0 saturated carbocycles. The van der Waals surface area contributed by atoms with Gasteiger partial charge in [0.2, 0.25) is 10.0 Å². The van der Waals surface area contributed by atoms with Crippen LogP contribution in [0, 0.1) is 6.92 Å². The first kappa shape index (κ1) is 14.9. The highest BCUT2D eigenvalue weighted by Gasteiger charge is 2.12. The summed E-state index contributed by atoms with van der Waals surface area (Å²) in [5.74, 6) is -0.481. The maximum absolute atomic E-state index is 11.9. The van der Waals surface area contributed by atoms with Crippen LogP contribution in [0.4, 0.5) is 5.69 Å². The number of benzene rings is 1. The predicted molar refractivity (Wildman–Crippen MR) is 75.5 cm³/mol. The van der Waals surface area contributed by atoms with Crippen molar-refractivity contribution in [3.05, 3.63) is 58.1 Å². The number of rotatable bonds is 3. The Morgan fingerprint density at radius 1 is 1.24 bits per heavy atom. The van der Waals surface area contributed by atoms with E-state index in [0.29, 0.717) is 11.3 Å². The zero-order chi connectivity index (χ0) is 15.6. The van der Waals surface area contributed by atoms with Crippen molar-refractivity contribution in [2.24, 2.45) is 5.14 Å². The van der Waals surface area contributed by atoms with Crippen LogP contribution in [0.2, 0.25) is 0 Å². The molecule has 21 heavy (non-hydrogen) atoms. The second kappa shape index (κ2) is 5.51. The Morgan fingerprint density at radius 3 is 2.48 bits per heavy atom. The second-order valence-electron chi connectivity index (χ2n) is 4.32. The summed E-state index contributed by atoms with van der Waals surface area (Å²) in [6, 6.07) is 6.55. The molecule has 0 bridgehead atoms. The van der Waals surface area contributed by atoms with Crippen molar-refractivity contribution in [2.75, 3.05) is 5.32 Å². The highest BCUT2D eigenvalue weighted by Crippen LogP contribution is 2.19. The minimum atomic E-state index is -3.79. The highest BCUT2D eigenvalue weighted by molar-refractivity contribution is 7.89. The number of carbonyl (C=O) groups is 1. The largest absolute Gasteiger partial charge is 0.430 e. The lowest BCUT2D eigenvalue weighted by molar-refractivity contribution is 0.102. The molecule has 0 unspecified atom stereocenters. The summed E-state index contributed by atoms with van der Waals surface area (Å²) in [4.78, 5) is 22.7. The van der Waals surface area contributed by atoms with Gasteiger partial charge >= 0.3 is 5.63 Å². The van der Waals surface area contributed by atoms with Crippen LogP contribution in [0.25, 0.3) is 0 Å². The van der Waals surface area contributed by atoms with E-state index in [1.807, 2.05) is 0 Å². The van der Waals surface area contributed by atoms with Gasteiger partial charge in [-0.1, -0.05) is 0 Å². The molecule has 0 atom stereocenters. The van der Waals surface area contributed by atoms with E-state index in [-0.39, 0.29) is 10.5 Å². The van der Waals surface area contributed by atoms with E-state index in [4.69, 9.17) is 5.14 Å². The summed E-state index contributed by atoms with van der Waals surface area (Å²) in [6.07, 6.45) is 1.05. The van der Waals surface area contributed by atoms with Gasteiger partial charge in [-0.25, -0.2) is 18.4 Å². The molecule has 1 heterocycles. The summed E-state index contributed by atoms with van der Waals surface area (Å²) < 4.78 is 27.0. The number of nitrogens with one attached hydrogen (secondary N) is 1. The Labute approximate surface area is 120 Å². The first-order chi connectivity index (χ1) is 9.77. The number of carbonyl (C=O) groups excluding carboxylic acids is 1. The lowest BCUT2D eigenvalue weighted by Gasteiger charge is -2.09. The van der Waals surface area contributed by atoms with Crippen molar-refractivity contribution in [2.45, 2.75) is 11.8 Å². The zero-order valence-corrected chi connectivity index (χ0v) is 11.8. The van der Waals surface area contributed by atoms with E-state index in [1.165, 1.54) is 24.3 Å². The summed E-state index contributed by atoms with van der Waals surface area (Å²) in [5.41, 5.74) is 0.579. The van der Waals surface area contributed by atoms with Gasteiger partial charge in [-0.2, -0.15) is 0 Å². The van der Waals surface area contributed by atoms with Crippen LogP contribution in [-0.4, -0.2) is 14.3 Å². The molecule has 0 fully saturated rings. The molecular formula is C13H12N2O5S. The maximum atomic E-state index is 11.9. The molecule has 0 aliphatic heterocycles. The molecule has 0 saturated heterocycles. The van der Waals surface area contributed by atoms with Gasteiger partial charge in [0, 0.05) is 11.8 Å². The van der Waals surface area contributed by atoms with Gasteiger partial charge in [-0.3, -0.25) is 4.79 Å². The Bertz CT molecular complexity index is 835. The number of nitrogens with two attached hydrogens (primary N) is 1. The molecule has 0 radical (unpaired) electrons. The molecule has 2 aromatic rings. The summed E-state index contributed by atoms with van der Waals surface area (Å²) in [6.45, 7) is 1.63. The van der Waals surface area contributed by atoms with Crippen LogP contribution in [0.1, 0.15) is 15.9 Å². The lowest BCUT2D eigenvalue weighted by Crippen LogP contribution is -2.15. The molecule has 1 aromatic heterocycles. The first-order valence-electron chi connectivity index (χ1n) is 5.81. The second-order valence-corrected chi connectivity index (χ2v) is 5.88. The quantitative estimate of drug-likeness (QED) is 0.871. The Kier molecular flexibility index (Phi) is 3.92. The molecule has 0 aliphatic rings. The van der Waals surface area contributed by atoms with Crippen LogP contribution in [0.5, 0.6) is 0 Å². The summed E-state index contributed by atoms with van der Waals surface area (Å²) in [5, 5.41) is 7.61. The predicted octanol–water partition coefficient (Wildman–Crippen LogP) is 0.848. The van der Waals surface area contributed by atoms with Crippen LogP contribution in [-0.2, 0) is 10.0 Å². The van der Waals surface area contributed by atoms with Crippen molar-refractivity contribution in [3.8, 4) is 0 Å². The lowest BCUT2D eigenvalue weighted by atomic mass is 10.2. The third kappa shape index (κ3) is 3.56. The fraction of sp³-hybridized carbons (Fsp3) is 0.0769. The normalized spacial score (nSPS) is 11.1. The van der Waals surface area contributed by atoms with Crippen molar-refractivity contribution in [3.63, 3.8) is 0 Å². The van der Waals surface area contributed by atoms with Gasteiger partial charge in [0.1, 0.15) is 6.26 Å². The first-order valence-corrected chi connectivity index (χ1v) is 7.35. The van der Waals surface area contributed by atoms with E-state index < -0.39 is 21.6 Å².